The van der Waals surface area contributed by atoms with Gasteiger partial charge < -0.3 is 4.98 Å². The van der Waals surface area contributed by atoms with Crippen molar-refractivity contribution < 1.29 is 0 Å². The molecular weight excluding hydrogens is 199 g/mol. The summed E-state index contributed by atoms with van der Waals surface area (Å²) in [7, 11) is 2.00. The van der Waals surface area contributed by atoms with Crippen LogP contribution in [0.5, 0.6) is 0 Å². The second-order valence-electron chi connectivity index (χ2n) is 3.76. The Morgan fingerprint density at radius 3 is 2.88 bits per heavy atom. The Kier molecular flexibility index (Phi) is 1.71. The third-order valence-corrected chi connectivity index (χ3v) is 2.59. The monoisotopic (exact) mass is 206 g/mol. The molecule has 5 heteroatoms. The lowest BCUT2D eigenvalue weighted by Crippen LogP contribution is -2.01. The Bertz CT molecular complexity index is 739. The number of hydrogen-bond acceptors (Lipinski definition) is 3. The van der Waals surface area contributed by atoms with Gasteiger partial charge in [-0.25, -0.2) is 9.97 Å². The maximum atomic E-state index is 8.82. The Morgan fingerprint density at radius 2 is 2.06 bits per heavy atom. The smallest absolute Gasteiger partial charge is 0.141 e. The van der Waals surface area contributed by atoms with Gasteiger partial charge in [0.05, 0.1) is 11.7 Å². The van der Waals surface area contributed by atoms with Crippen LogP contribution in [0.25, 0.3) is 21.9 Å². The molecule has 0 radical (unpaired) electrons. The first kappa shape index (κ1) is 8.92. The van der Waals surface area contributed by atoms with Crippen molar-refractivity contribution in [2.75, 3.05) is 0 Å². The Balaban J connectivity index is 2.50. The van der Waals surface area contributed by atoms with Crippen LogP contribution in [0.3, 0.4) is 0 Å². The maximum Gasteiger partial charge on any atom is 0.141 e. The topological polar surface area (TPSA) is 65.4 Å². The van der Waals surface area contributed by atoms with Crippen LogP contribution in [0.4, 0.5) is 0 Å². The second-order valence-corrected chi connectivity index (χ2v) is 3.76. The quantitative estimate of drug-likeness (QED) is 0.536. The van der Waals surface area contributed by atoms with Crippen molar-refractivity contribution in [2.45, 2.75) is 0 Å². The number of nitrogens with zero attached hydrogens (tertiary/aromatic N) is 3. The molecule has 3 aromatic rings. The summed E-state index contributed by atoms with van der Waals surface area (Å²) in [5, 5.41) is 10.9. The highest BCUT2D eigenvalue weighted by Gasteiger charge is 2.06. The molecule has 0 amide bonds. The van der Waals surface area contributed by atoms with Crippen LogP contribution in [-0.4, -0.2) is 22.8 Å². The van der Waals surface area contributed by atoms with Gasteiger partial charge in [-0.15, -0.1) is 0 Å². The van der Waals surface area contributed by atoms with Gasteiger partial charge in [0, 0.05) is 17.0 Å². The fourth-order valence-electron chi connectivity index (χ4n) is 1.84. The van der Waals surface area contributed by atoms with Crippen LogP contribution in [0.2, 0.25) is 0 Å². The highest BCUT2D eigenvalue weighted by atomic mass is 14.9. The zero-order valence-corrected chi connectivity index (χ0v) is 8.65. The van der Waals surface area contributed by atoms with Crippen molar-refractivity contribution in [2.24, 2.45) is 0 Å². The molecule has 0 unspecified atom stereocenters. The van der Waals surface area contributed by atoms with E-state index in [2.05, 4.69) is 21.0 Å². The van der Waals surface area contributed by atoms with E-state index < -0.39 is 0 Å². The molecule has 3 aromatic heterocycles. The zero-order chi connectivity index (χ0) is 11.1. The Hall–Kier alpha value is -2.35. The van der Waals surface area contributed by atoms with E-state index in [1.54, 1.807) is 12.3 Å². The molecule has 0 bridgehead atoms. The molecule has 1 N–H and O–H groups in total. The molecule has 0 aliphatic heterocycles. The zero-order valence-electron chi connectivity index (χ0n) is 8.65. The molecule has 74 valence electrons. The standard InChI is InChI=1S/C11H7BN4/c12-6-1-9-8-2-7(3-13)14-5-10(8)16-11(9)15-4-6/h1-2,4-5H,12H2,(H,15,16). The van der Waals surface area contributed by atoms with Gasteiger partial charge in [-0.1, -0.05) is 11.5 Å². The average Bonchev–Trinajstić information content (AvgIpc) is 2.66. The first-order valence-corrected chi connectivity index (χ1v) is 4.92. The summed E-state index contributed by atoms with van der Waals surface area (Å²) in [6.45, 7) is 0. The highest BCUT2D eigenvalue weighted by molar-refractivity contribution is 6.33. The van der Waals surface area contributed by atoms with Crippen molar-refractivity contribution >= 4 is 35.2 Å². The minimum atomic E-state index is 0.426. The summed E-state index contributed by atoms with van der Waals surface area (Å²) in [5.74, 6) is 0. The minimum Gasteiger partial charge on any atom is -0.338 e. The summed E-state index contributed by atoms with van der Waals surface area (Å²) in [5.41, 5.74) is 3.27. The molecule has 16 heavy (non-hydrogen) atoms. The molecule has 0 aromatic carbocycles. The van der Waals surface area contributed by atoms with Gasteiger partial charge >= 0.3 is 0 Å². The SMILES string of the molecule is Bc1cnc2[nH]c3cnc(C#N)cc3c2c1. The van der Waals surface area contributed by atoms with E-state index in [0.717, 1.165) is 27.4 Å². The van der Waals surface area contributed by atoms with E-state index in [1.807, 2.05) is 20.1 Å². The Morgan fingerprint density at radius 1 is 1.19 bits per heavy atom. The predicted octanol–water partition coefficient (Wildman–Crippen LogP) is 0.241. The summed E-state index contributed by atoms with van der Waals surface area (Å²) >= 11 is 0. The van der Waals surface area contributed by atoms with Crippen molar-refractivity contribution in [3.63, 3.8) is 0 Å². The first-order chi connectivity index (χ1) is 7.78. The van der Waals surface area contributed by atoms with Crippen LogP contribution < -0.4 is 5.46 Å². The van der Waals surface area contributed by atoms with Crippen LogP contribution in [0, 0.1) is 11.3 Å². The van der Waals surface area contributed by atoms with Crippen LogP contribution in [-0.2, 0) is 0 Å². The number of aromatic nitrogens is 3. The molecule has 0 atom stereocenters. The van der Waals surface area contributed by atoms with Gasteiger partial charge in [0.15, 0.2) is 0 Å². The van der Waals surface area contributed by atoms with E-state index in [4.69, 9.17) is 5.26 Å². The third kappa shape index (κ3) is 1.17. The fourth-order valence-corrected chi connectivity index (χ4v) is 1.84. The van der Waals surface area contributed by atoms with Crippen LogP contribution >= 0.6 is 0 Å². The molecule has 0 spiro atoms. The van der Waals surface area contributed by atoms with Crippen LogP contribution in [0.1, 0.15) is 5.69 Å². The number of fused-ring (bicyclic) bond motifs is 3. The second kappa shape index (κ2) is 3.07. The lowest BCUT2D eigenvalue weighted by molar-refractivity contribution is 1.28. The molecule has 0 saturated heterocycles. The minimum absolute atomic E-state index is 0.426. The van der Waals surface area contributed by atoms with E-state index in [-0.39, 0.29) is 0 Å². The molecule has 4 nitrogen and oxygen atoms in total. The number of rotatable bonds is 0. The third-order valence-electron chi connectivity index (χ3n) is 2.59. The molecule has 0 fully saturated rings. The van der Waals surface area contributed by atoms with Crippen molar-refractivity contribution in [3.8, 4) is 6.07 Å². The number of nitrogens with one attached hydrogen (secondary N) is 1. The summed E-state index contributed by atoms with van der Waals surface area (Å²) < 4.78 is 0. The molecule has 0 aliphatic rings. The van der Waals surface area contributed by atoms with Gasteiger partial charge in [-0.05, 0) is 6.07 Å². The summed E-state index contributed by atoms with van der Waals surface area (Å²) in [6, 6.07) is 5.89. The van der Waals surface area contributed by atoms with Crippen molar-refractivity contribution in [3.05, 3.63) is 30.2 Å². The van der Waals surface area contributed by atoms with Crippen molar-refractivity contribution in [1.82, 2.24) is 15.0 Å². The van der Waals surface area contributed by atoms with E-state index >= 15 is 0 Å². The maximum absolute atomic E-state index is 8.82. The highest BCUT2D eigenvalue weighted by Crippen LogP contribution is 2.22. The van der Waals surface area contributed by atoms with E-state index in [1.165, 1.54) is 0 Å². The van der Waals surface area contributed by atoms with Crippen molar-refractivity contribution in [1.29, 1.82) is 5.26 Å². The van der Waals surface area contributed by atoms with Gasteiger partial charge in [-0.3, -0.25) is 0 Å². The summed E-state index contributed by atoms with van der Waals surface area (Å²) in [4.78, 5) is 11.5. The van der Waals surface area contributed by atoms with E-state index in [9.17, 15) is 0 Å². The molecular formula is C11H7BN4. The molecule has 0 aliphatic carbocycles. The normalized spacial score (nSPS) is 10.7. The fraction of sp³-hybridized carbons (Fsp3) is 0. The van der Waals surface area contributed by atoms with Gasteiger partial charge in [0.2, 0.25) is 0 Å². The number of H-pyrrole nitrogens is 1. The van der Waals surface area contributed by atoms with Gasteiger partial charge in [0.1, 0.15) is 25.3 Å². The number of aromatic amines is 1. The number of pyridine rings is 2. The first-order valence-electron chi connectivity index (χ1n) is 4.92. The predicted molar refractivity (Wildman–Crippen MR) is 64.3 cm³/mol. The lowest BCUT2D eigenvalue weighted by Gasteiger charge is -1.93. The molecule has 3 heterocycles. The number of nitriles is 1. The average molecular weight is 206 g/mol. The van der Waals surface area contributed by atoms with Gasteiger partial charge in [0.25, 0.3) is 0 Å². The molecule has 3 rings (SSSR count). The van der Waals surface area contributed by atoms with Gasteiger partial charge in [-0.2, -0.15) is 5.26 Å². The lowest BCUT2D eigenvalue weighted by atomic mass is 9.97. The van der Waals surface area contributed by atoms with Crippen LogP contribution in [0.15, 0.2) is 24.5 Å². The summed E-state index contributed by atoms with van der Waals surface area (Å²) in [6.07, 6.45) is 3.49. The largest absolute Gasteiger partial charge is 0.338 e. The Labute approximate surface area is 92.4 Å². The molecule has 0 saturated carbocycles. The van der Waals surface area contributed by atoms with E-state index in [0.29, 0.717) is 5.69 Å². The number of hydrogen-bond donors (Lipinski definition) is 1.